The number of carbonyl (C=O) groups excluding carboxylic acids is 1. The van der Waals surface area contributed by atoms with Crippen molar-refractivity contribution in [1.29, 1.82) is 0 Å². The molecule has 1 aromatic heterocycles. The van der Waals surface area contributed by atoms with Crippen LogP contribution in [0.5, 0.6) is 5.75 Å². The first-order chi connectivity index (χ1) is 11.5. The molecule has 0 aliphatic heterocycles. The first-order valence-electron chi connectivity index (χ1n) is 7.20. The van der Waals surface area contributed by atoms with Crippen molar-refractivity contribution >= 4 is 40.9 Å². The van der Waals surface area contributed by atoms with Crippen molar-refractivity contribution in [3.05, 3.63) is 34.1 Å². The third-order valence-corrected chi connectivity index (χ3v) is 4.66. The summed E-state index contributed by atoms with van der Waals surface area (Å²) in [6.07, 6.45) is -0.388. The molecular weight excluding hydrogens is 373 g/mol. The minimum absolute atomic E-state index is 0.171. The Balaban J connectivity index is 2.17. The van der Waals surface area contributed by atoms with Crippen molar-refractivity contribution in [3.63, 3.8) is 0 Å². The Hall–Kier alpha value is -1.44. The second-order valence-electron chi connectivity index (χ2n) is 4.78. The second kappa shape index (κ2) is 8.60. The summed E-state index contributed by atoms with van der Waals surface area (Å²) in [5, 5.41) is 9.93. The molecule has 1 unspecified atom stereocenters. The molecular formula is C15H17Cl2N3O3S. The third kappa shape index (κ3) is 4.55. The maximum absolute atomic E-state index is 11.3. The van der Waals surface area contributed by atoms with Gasteiger partial charge in [-0.2, -0.15) is 0 Å². The van der Waals surface area contributed by atoms with E-state index in [1.54, 1.807) is 18.2 Å². The Kier molecular flexibility index (Phi) is 6.77. The lowest BCUT2D eigenvalue weighted by Crippen LogP contribution is -2.12. The van der Waals surface area contributed by atoms with Crippen LogP contribution in [0, 0.1) is 0 Å². The zero-order valence-electron chi connectivity index (χ0n) is 13.5. The Labute approximate surface area is 154 Å². The van der Waals surface area contributed by atoms with Gasteiger partial charge in [0.15, 0.2) is 17.1 Å². The van der Waals surface area contributed by atoms with Crippen molar-refractivity contribution in [1.82, 2.24) is 14.8 Å². The quantitative estimate of drug-likeness (QED) is 0.526. The number of thioether (sulfide) groups is 1. The number of benzene rings is 1. The van der Waals surface area contributed by atoms with E-state index in [-0.39, 0.29) is 17.8 Å². The number of carbonyl (C=O) groups is 1. The maximum Gasteiger partial charge on any atom is 0.316 e. The van der Waals surface area contributed by atoms with Crippen molar-refractivity contribution in [2.45, 2.75) is 31.7 Å². The molecule has 2 rings (SSSR count). The van der Waals surface area contributed by atoms with Crippen LogP contribution in [-0.2, 0) is 16.1 Å². The van der Waals surface area contributed by atoms with E-state index in [4.69, 9.17) is 27.9 Å². The van der Waals surface area contributed by atoms with Crippen LogP contribution in [0.15, 0.2) is 23.4 Å². The fourth-order valence-corrected chi connectivity index (χ4v) is 3.16. The highest BCUT2D eigenvalue weighted by atomic mass is 35.5. The number of nitrogens with zero attached hydrogens (tertiary/aromatic N) is 3. The highest BCUT2D eigenvalue weighted by molar-refractivity contribution is 7.99. The van der Waals surface area contributed by atoms with E-state index in [1.165, 1.54) is 18.9 Å². The SMILES string of the molecule is CCn1c(SCC(=O)OC)nnc1C(C)Oc1cc(Cl)ccc1Cl. The van der Waals surface area contributed by atoms with Gasteiger partial charge in [0.05, 0.1) is 17.9 Å². The molecule has 1 aromatic carbocycles. The Morgan fingerprint density at radius 3 is 2.79 bits per heavy atom. The van der Waals surface area contributed by atoms with Gasteiger partial charge < -0.3 is 14.0 Å². The largest absolute Gasteiger partial charge is 0.481 e. The Morgan fingerprint density at radius 2 is 2.12 bits per heavy atom. The standard InChI is InChI=1S/C15H17Cl2N3O3S/c1-4-20-14(18-19-15(20)24-8-13(21)22-3)9(2)23-12-7-10(16)5-6-11(12)17/h5-7,9H,4,8H2,1-3H3. The van der Waals surface area contributed by atoms with E-state index in [0.717, 1.165) is 0 Å². The summed E-state index contributed by atoms with van der Waals surface area (Å²) in [5.41, 5.74) is 0. The molecule has 1 atom stereocenters. The van der Waals surface area contributed by atoms with Gasteiger partial charge in [-0.05, 0) is 26.0 Å². The summed E-state index contributed by atoms with van der Waals surface area (Å²) >= 11 is 13.4. The highest BCUT2D eigenvalue weighted by Gasteiger charge is 2.20. The van der Waals surface area contributed by atoms with Gasteiger partial charge in [-0.1, -0.05) is 35.0 Å². The molecule has 0 bridgehead atoms. The molecule has 0 aliphatic carbocycles. The van der Waals surface area contributed by atoms with E-state index in [0.29, 0.717) is 33.3 Å². The number of hydrogen-bond acceptors (Lipinski definition) is 6. The number of esters is 1. The summed E-state index contributed by atoms with van der Waals surface area (Å²) in [4.78, 5) is 11.3. The van der Waals surface area contributed by atoms with Gasteiger partial charge in [-0.25, -0.2) is 0 Å². The molecule has 6 nitrogen and oxygen atoms in total. The predicted molar refractivity (Wildman–Crippen MR) is 93.9 cm³/mol. The van der Waals surface area contributed by atoms with Gasteiger partial charge >= 0.3 is 5.97 Å². The maximum atomic E-state index is 11.3. The number of aromatic nitrogens is 3. The number of hydrogen-bond donors (Lipinski definition) is 0. The van der Waals surface area contributed by atoms with E-state index in [9.17, 15) is 4.79 Å². The van der Waals surface area contributed by atoms with Crippen LogP contribution in [0.1, 0.15) is 25.8 Å². The minimum Gasteiger partial charge on any atom is -0.481 e. The molecule has 24 heavy (non-hydrogen) atoms. The molecule has 0 saturated carbocycles. The molecule has 9 heteroatoms. The molecule has 0 radical (unpaired) electrons. The summed E-state index contributed by atoms with van der Waals surface area (Å²) < 4.78 is 12.4. The molecule has 1 heterocycles. The molecule has 0 aliphatic rings. The van der Waals surface area contributed by atoms with Gasteiger partial charge in [-0.3, -0.25) is 4.79 Å². The second-order valence-corrected chi connectivity index (χ2v) is 6.57. The van der Waals surface area contributed by atoms with E-state index in [1.807, 2.05) is 18.4 Å². The average molecular weight is 390 g/mol. The van der Waals surface area contributed by atoms with Crippen LogP contribution in [0.3, 0.4) is 0 Å². The normalized spacial score (nSPS) is 12.0. The molecule has 0 amide bonds. The Morgan fingerprint density at radius 1 is 1.38 bits per heavy atom. The third-order valence-electron chi connectivity index (χ3n) is 3.17. The van der Waals surface area contributed by atoms with Crippen molar-refractivity contribution in [2.75, 3.05) is 12.9 Å². The molecule has 2 aromatic rings. The van der Waals surface area contributed by atoms with Gasteiger partial charge in [0, 0.05) is 17.6 Å². The average Bonchev–Trinajstić information content (AvgIpc) is 2.98. The van der Waals surface area contributed by atoms with E-state index >= 15 is 0 Å². The lowest BCUT2D eigenvalue weighted by molar-refractivity contribution is -0.137. The van der Waals surface area contributed by atoms with Gasteiger partial charge in [-0.15, -0.1) is 10.2 Å². The van der Waals surface area contributed by atoms with Crippen LogP contribution in [-0.4, -0.2) is 33.6 Å². The van der Waals surface area contributed by atoms with Crippen LogP contribution < -0.4 is 4.74 Å². The van der Waals surface area contributed by atoms with Crippen molar-refractivity contribution in [2.24, 2.45) is 0 Å². The minimum atomic E-state index is -0.388. The van der Waals surface area contributed by atoms with Crippen molar-refractivity contribution < 1.29 is 14.3 Å². The molecule has 130 valence electrons. The fourth-order valence-electron chi connectivity index (χ4n) is 2.00. The molecule has 0 N–H and O–H groups in total. The van der Waals surface area contributed by atoms with Crippen LogP contribution in [0.25, 0.3) is 0 Å². The monoisotopic (exact) mass is 389 g/mol. The fraction of sp³-hybridized carbons (Fsp3) is 0.400. The van der Waals surface area contributed by atoms with E-state index < -0.39 is 0 Å². The summed E-state index contributed by atoms with van der Waals surface area (Å²) in [5.74, 6) is 0.971. The summed E-state index contributed by atoms with van der Waals surface area (Å²) in [6, 6.07) is 5.02. The first kappa shape index (κ1) is 18.9. The number of halogens is 2. The molecule has 0 spiro atoms. The number of methoxy groups -OCH3 is 1. The lowest BCUT2D eigenvalue weighted by Gasteiger charge is -2.16. The number of rotatable bonds is 7. The lowest BCUT2D eigenvalue weighted by atomic mass is 10.3. The Bertz CT molecular complexity index is 724. The predicted octanol–water partition coefficient (Wildman–Crippen LogP) is 4.01. The smallest absolute Gasteiger partial charge is 0.316 e. The van der Waals surface area contributed by atoms with Crippen LogP contribution in [0.4, 0.5) is 0 Å². The molecule has 0 fully saturated rings. The van der Waals surface area contributed by atoms with E-state index in [2.05, 4.69) is 14.9 Å². The highest BCUT2D eigenvalue weighted by Crippen LogP contribution is 2.32. The van der Waals surface area contributed by atoms with Gasteiger partial charge in [0.25, 0.3) is 0 Å². The zero-order chi connectivity index (χ0) is 17.7. The van der Waals surface area contributed by atoms with Gasteiger partial charge in [0.2, 0.25) is 0 Å². The van der Waals surface area contributed by atoms with Gasteiger partial charge in [0.1, 0.15) is 5.75 Å². The van der Waals surface area contributed by atoms with Crippen LogP contribution in [0.2, 0.25) is 10.0 Å². The first-order valence-corrected chi connectivity index (χ1v) is 8.94. The summed E-state index contributed by atoms with van der Waals surface area (Å²) in [6.45, 7) is 4.46. The topological polar surface area (TPSA) is 66.2 Å². The zero-order valence-corrected chi connectivity index (χ0v) is 15.8. The van der Waals surface area contributed by atoms with Crippen molar-refractivity contribution in [3.8, 4) is 5.75 Å². The summed E-state index contributed by atoms with van der Waals surface area (Å²) in [7, 11) is 1.35. The van der Waals surface area contributed by atoms with Crippen LogP contribution >= 0.6 is 35.0 Å². The number of ether oxygens (including phenoxy) is 2. The molecule has 0 saturated heterocycles.